The standard InChI is InChI=1S/C18H13BrF4N2O4S2/c19-16-11-3-1-2-4-14(11)30-17(16)25(31(28,29)24-8-15(26)27)9-10-5-6-13(20)12(7-10)18(21,22)23/h1-7,24H,8-9H2,(H,26,27). The summed E-state index contributed by atoms with van der Waals surface area (Å²) >= 11 is 4.36. The van der Waals surface area contributed by atoms with Crippen molar-refractivity contribution in [3.63, 3.8) is 0 Å². The Kier molecular flexibility index (Phi) is 6.60. The molecule has 3 aromatic rings. The summed E-state index contributed by atoms with van der Waals surface area (Å²) in [5.41, 5.74) is -1.67. The molecule has 0 saturated carbocycles. The Hall–Kier alpha value is -2.22. The molecule has 0 atom stereocenters. The van der Waals surface area contributed by atoms with E-state index >= 15 is 0 Å². The third kappa shape index (κ3) is 5.17. The van der Waals surface area contributed by atoms with Gasteiger partial charge >= 0.3 is 22.4 Å². The van der Waals surface area contributed by atoms with Crippen LogP contribution >= 0.6 is 27.3 Å². The predicted octanol–water partition coefficient (Wildman–Crippen LogP) is 4.75. The molecule has 0 saturated heterocycles. The Morgan fingerprint density at radius 2 is 1.87 bits per heavy atom. The highest BCUT2D eigenvalue weighted by Gasteiger charge is 2.35. The largest absolute Gasteiger partial charge is 0.480 e. The number of alkyl halides is 3. The van der Waals surface area contributed by atoms with Crippen LogP contribution in [-0.4, -0.2) is 26.0 Å². The molecule has 3 rings (SSSR count). The zero-order chi connectivity index (χ0) is 23.0. The van der Waals surface area contributed by atoms with Crippen LogP contribution in [0.2, 0.25) is 0 Å². The number of carboxylic acid groups (broad SMARTS) is 1. The molecule has 2 N–H and O–H groups in total. The first-order valence-corrected chi connectivity index (χ1v) is 11.5. The number of hydrogen-bond acceptors (Lipinski definition) is 4. The minimum Gasteiger partial charge on any atom is -0.480 e. The van der Waals surface area contributed by atoms with Crippen molar-refractivity contribution in [3.8, 4) is 0 Å². The van der Waals surface area contributed by atoms with Gasteiger partial charge in [0.05, 0.1) is 16.6 Å². The van der Waals surface area contributed by atoms with Gasteiger partial charge in [0.15, 0.2) is 0 Å². The first kappa shape index (κ1) is 23.4. The maximum atomic E-state index is 13.6. The van der Waals surface area contributed by atoms with E-state index in [0.29, 0.717) is 26.7 Å². The van der Waals surface area contributed by atoms with Gasteiger partial charge in [0.1, 0.15) is 17.4 Å². The summed E-state index contributed by atoms with van der Waals surface area (Å²) in [5.74, 6) is -2.93. The number of aliphatic carboxylic acids is 1. The number of thiophene rings is 1. The Labute approximate surface area is 186 Å². The number of anilines is 1. The first-order valence-electron chi connectivity index (χ1n) is 8.42. The van der Waals surface area contributed by atoms with E-state index in [1.54, 1.807) is 24.3 Å². The summed E-state index contributed by atoms with van der Waals surface area (Å²) < 4.78 is 82.3. The number of benzene rings is 2. The van der Waals surface area contributed by atoms with E-state index in [4.69, 9.17) is 5.11 Å². The lowest BCUT2D eigenvalue weighted by molar-refractivity contribution is -0.140. The summed E-state index contributed by atoms with van der Waals surface area (Å²) in [6.07, 6.45) is -4.97. The van der Waals surface area contributed by atoms with E-state index in [-0.39, 0.29) is 10.6 Å². The quantitative estimate of drug-likeness (QED) is 0.423. The maximum absolute atomic E-state index is 13.6. The summed E-state index contributed by atoms with van der Waals surface area (Å²) in [6, 6.07) is 9.06. The van der Waals surface area contributed by atoms with Crippen molar-refractivity contribution in [3.05, 3.63) is 63.9 Å². The number of carbonyl (C=O) groups is 1. The van der Waals surface area contributed by atoms with Crippen LogP contribution in [0.1, 0.15) is 11.1 Å². The van der Waals surface area contributed by atoms with Crippen LogP contribution < -0.4 is 9.03 Å². The van der Waals surface area contributed by atoms with Crippen LogP contribution in [0.5, 0.6) is 0 Å². The number of nitrogens with zero attached hydrogens (tertiary/aromatic N) is 1. The monoisotopic (exact) mass is 540 g/mol. The topological polar surface area (TPSA) is 86.7 Å². The zero-order valence-corrected chi connectivity index (χ0v) is 18.5. The molecule has 0 unspecified atom stereocenters. The zero-order valence-electron chi connectivity index (χ0n) is 15.3. The molecule has 0 radical (unpaired) electrons. The summed E-state index contributed by atoms with van der Waals surface area (Å²) in [7, 11) is -4.49. The van der Waals surface area contributed by atoms with Gasteiger partial charge in [-0.3, -0.25) is 4.79 Å². The van der Waals surface area contributed by atoms with Gasteiger partial charge in [-0.1, -0.05) is 24.3 Å². The number of nitrogens with one attached hydrogen (secondary N) is 1. The molecular formula is C18H13BrF4N2O4S2. The fourth-order valence-electron chi connectivity index (χ4n) is 2.71. The molecular weight excluding hydrogens is 528 g/mol. The molecule has 0 bridgehead atoms. The minimum absolute atomic E-state index is 0.122. The van der Waals surface area contributed by atoms with Crippen molar-refractivity contribution < 1.29 is 35.9 Å². The van der Waals surface area contributed by atoms with Crippen LogP contribution in [-0.2, 0) is 27.7 Å². The van der Waals surface area contributed by atoms with E-state index in [2.05, 4.69) is 15.9 Å². The van der Waals surface area contributed by atoms with Crippen LogP contribution in [0.3, 0.4) is 0 Å². The molecule has 31 heavy (non-hydrogen) atoms. The van der Waals surface area contributed by atoms with E-state index in [0.717, 1.165) is 21.7 Å². The molecule has 0 aliphatic rings. The molecule has 0 fully saturated rings. The Morgan fingerprint density at radius 1 is 1.19 bits per heavy atom. The Morgan fingerprint density at radius 3 is 2.48 bits per heavy atom. The normalized spacial score (nSPS) is 12.3. The Balaban J connectivity index is 2.11. The lowest BCUT2D eigenvalue weighted by Gasteiger charge is -2.24. The van der Waals surface area contributed by atoms with Gasteiger partial charge in [-0.25, -0.2) is 8.70 Å². The van der Waals surface area contributed by atoms with Crippen LogP contribution in [0.15, 0.2) is 46.9 Å². The summed E-state index contributed by atoms with van der Waals surface area (Å²) in [6.45, 7) is -1.53. The average Bonchev–Trinajstić information content (AvgIpc) is 3.01. The van der Waals surface area contributed by atoms with E-state index in [1.165, 1.54) is 0 Å². The number of fused-ring (bicyclic) bond motifs is 1. The van der Waals surface area contributed by atoms with Crippen molar-refractivity contribution >= 4 is 58.5 Å². The summed E-state index contributed by atoms with van der Waals surface area (Å²) in [5, 5.41) is 9.61. The van der Waals surface area contributed by atoms with Crippen molar-refractivity contribution in [2.24, 2.45) is 0 Å². The van der Waals surface area contributed by atoms with E-state index < -0.39 is 46.8 Å². The molecule has 1 heterocycles. The van der Waals surface area contributed by atoms with Gasteiger partial charge < -0.3 is 5.11 Å². The van der Waals surface area contributed by atoms with Gasteiger partial charge in [-0.05, 0) is 39.7 Å². The molecule has 0 spiro atoms. The van der Waals surface area contributed by atoms with Crippen molar-refractivity contribution in [2.75, 3.05) is 10.8 Å². The van der Waals surface area contributed by atoms with Crippen molar-refractivity contribution in [2.45, 2.75) is 12.7 Å². The van der Waals surface area contributed by atoms with Gasteiger partial charge in [-0.2, -0.15) is 26.3 Å². The van der Waals surface area contributed by atoms with Gasteiger partial charge in [0, 0.05) is 10.1 Å². The fourth-order valence-corrected chi connectivity index (χ4v) is 6.26. The van der Waals surface area contributed by atoms with Crippen molar-refractivity contribution in [1.82, 2.24) is 4.72 Å². The van der Waals surface area contributed by atoms with Crippen LogP contribution in [0.4, 0.5) is 22.6 Å². The highest BCUT2D eigenvalue weighted by molar-refractivity contribution is 9.10. The van der Waals surface area contributed by atoms with Gasteiger partial charge in [-0.15, -0.1) is 11.3 Å². The average molecular weight is 541 g/mol. The minimum atomic E-state index is -4.97. The smallest absolute Gasteiger partial charge is 0.419 e. The number of halogens is 5. The molecule has 2 aromatic carbocycles. The van der Waals surface area contributed by atoms with Crippen LogP contribution in [0, 0.1) is 5.82 Å². The lowest BCUT2D eigenvalue weighted by atomic mass is 10.1. The predicted molar refractivity (Wildman–Crippen MR) is 112 cm³/mol. The maximum Gasteiger partial charge on any atom is 0.419 e. The lowest BCUT2D eigenvalue weighted by Crippen LogP contribution is -2.42. The highest BCUT2D eigenvalue weighted by atomic mass is 79.9. The molecule has 1 aromatic heterocycles. The molecule has 6 nitrogen and oxygen atoms in total. The second-order valence-corrected chi connectivity index (χ2v) is 9.76. The van der Waals surface area contributed by atoms with E-state index in [1.807, 2.05) is 4.72 Å². The second kappa shape index (κ2) is 8.73. The first-order chi connectivity index (χ1) is 14.4. The molecule has 0 amide bonds. The van der Waals surface area contributed by atoms with Crippen molar-refractivity contribution in [1.29, 1.82) is 0 Å². The highest BCUT2D eigenvalue weighted by Crippen LogP contribution is 2.43. The molecule has 0 aliphatic heterocycles. The number of rotatable bonds is 7. The third-order valence-electron chi connectivity index (χ3n) is 4.10. The SMILES string of the molecule is O=C(O)CNS(=O)(=O)N(Cc1ccc(F)c(C(F)(F)F)c1)c1sc2ccccc2c1Br. The third-order valence-corrected chi connectivity index (χ3v) is 7.88. The number of carboxylic acids is 1. The van der Waals surface area contributed by atoms with Crippen LogP contribution in [0.25, 0.3) is 10.1 Å². The summed E-state index contributed by atoms with van der Waals surface area (Å²) in [4.78, 5) is 10.8. The molecule has 166 valence electrons. The van der Waals surface area contributed by atoms with Gasteiger partial charge in [0.2, 0.25) is 0 Å². The van der Waals surface area contributed by atoms with Gasteiger partial charge in [0.25, 0.3) is 0 Å². The van der Waals surface area contributed by atoms with E-state index in [9.17, 15) is 30.8 Å². The second-order valence-electron chi connectivity index (χ2n) is 6.26. The number of hydrogen-bond donors (Lipinski definition) is 2. The Bertz CT molecular complexity index is 1250. The fraction of sp³-hybridized carbons (Fsp3) is 0.167. The molecule has 13 heteroatoms. The molecule has 0 aliphatic carbocycles.